The number of nitrogens with zero attached hydrogens (tertiary/aromatic N) is 1. The largest absolute Gasteiger partial charge is 0.465 e. The van der Waals surface area contributed by atoms with Gasteiger partial charge in [-0.1, -0.05) is 17.9 Å². The number of amides is 2. The third-order valence-corrected chi connectivity index (χ3v) is 4.75. The standard InChI is InChI=1S/C26H27N3O9/c1-6-37-25(33)28-22(30)18-12-16(20(27)14-19(18)24(32)36-5)9-7-8-15-10-11-17(13-21(15)29(34)35)23(31)38-26(2,3)4/h10-14H,6,8,27H2,1-5H3,(H,28,30,33). The highest BCUT2D eigenvalue weighted by molar-refractivity contribution is 6.10. The van der Waals surface area contributed by atoms with E-state index in [4.69, 9.17) is 10.5 Å². The first-order valence-electron chi connectivity index (χ1n) is 11.3. The predicted molar refractivity (Wildman–Crippen MR) is 136 cm³/mol. The Morgan fingerprint density at radius 2 is 1.76 bits per heavy atom. The zero-order valence-corrected chi connectivity index (χ0v) is 21.5. The highest BCUT2D eigenvalue weighted by Gasteiger charge is 2.23. The number of hydrogen-bond acceptors (Lipinski definition) is 10. The first-order valence-corrected chi connectivity index (χ1v) is 11.3. The van der Waals surface area contributed by atoms with Gasteiger partial charge >= 0.3 is 18.0 Å². The normalized spacial score (nSPS) is 10.4. The number of nitrogen functional groups attached to an aromatic ring is 1. The third kappa shape index (κ3) is 7.79. The second-order valence-electron chi connectivity index (χ2n) is 8.73. The minimum atomic E-state index is -1.01. The number of rotatable bonds is 6. The lowest BCUT2D eigenvalue weighted by Gasteiger charge is -2.19. The second kappa shape index (κ2) is 12.4. The first kappa shape index (κ1) is 29.3. The van der Waals surface area contributed by atoms with E-state index in [1.165, 1.54) is 24.3 Å². The fourth-order valence-electron chi connectivity index (χ4n) is 3.10. The molecule has 12 heteroatoms. The van der Waals surface area contributed by atoms with Gasteiger partial charge in [-0.3, -0.25) is 20.2 Å². The number of benzene rings is 2. The Balaban J connectivity index is 2.41. The summed E-state index contributed by atoms with van der Waals surface area (Å²) in [5.74, 6) is 2.94. The van der Waals surface area contributed by atoms with Crippen LogP contribution in [0.1, 0.15) is 69.9 Å². The van der Waals surface area contributed by atoms with Crippen molar-refractivity contribution in [3.63, 3.8) is 0 Å². The van der Waals surface area contributed by atoms with Crippen molar-refractivity contribution in [1.29, 1.82) is 0 Å². The number of methoxy groups -OCH3 is 1. The molecular weight excluding hydrogens is 498 g/mol. The topological polar surface area (TPSA) is 177 Å². The molecule has 2 amide bonds. The maximum absolute atomic E-state index is 12.6. The summed E-state index contributed by atoms with van der Waals surface area (Å²) in [5, 5.41) is 13.6. The van der Waals surface area contributed by atoms with Crippen molar-refractivity contribution < 1.29 is 38.3 Å². The highest BCUT2D eigenvalue weighted by Crippen LogP contribution is 2.24. The molecule has 0 fully saturated rings. The molecule has 3 N–H and O–H groups in total. The molecule has 12 nitrogen and oxygen atoms in total. The molecule has 0 atom stereocenters. The fraction of sp³-hybridized carbons (Fsp3) is 0.308. The van der Waals surface area contributed by atoms with Gasteiger partial charge in [0, 0.05) is 29.3 Å². The molecule has 2 aromatic carbocycles. The number of alkyl carbamates (subject to hydrolysis) is 1. The number of carbonyl (C=O) groups excluding carboxylic acids is 4. The summed E-state index contributed by atoms with van der Waals surface area (Å²) < 4.78 is 14.6. The molecule has 2 rings (SSSR count). The van der Waals surface area contributed by atoms with Crippen LogP contribution < -0.4 is 11.1 Å². The van der Waals surface area contributed by atoms with Crippen molar-refractivity contribution in [2.45, 2.75) is 39.7 Å². The van der Waals surface area contributed by atoms with Gasteiger partial charge in [0.1, 0.15) is 5.60 Å². The molecule has 0 aromatic heterocycles. The van der Waals surface area contributed by atoms with Gasteiger partial charge in [0.15, 0.2) is 0 Å². The number of carbonyl (C=O) groups is 4. The van der Waals surface area contributed by atoms with E-state index in [1.807, 2.05) is 5.32 Å². The van der Waals surface area contributed by atoms with Crippen LogP contribution >= 0.6 is 0 Å². The van der Waals surface area contributed by atoms with E-state index in [-0.39, 0.29) is 52.2 Å². The van der Waals surface area contributed by atoms with Crippen LogP contribution in [0.2, 0.25) is 0 Å². The van der Waals surface area contributed by atoms with Gasteiger partial charge in [0.25, 0.3) is 11.6 Å². The van der Waals surface area contributed by atoms with Gasteiger partial charge in [-0.25, -0.2) is 14.4 Å². The van der Waals surface area contributed by atoms with Gasteiger partial charge < -0.3 is 19.9 Å². The number of nitro groups is 1. The number of ether oxygens (including phenoxy) is 3. The molecule has 0 aliphatic heterocycles. The van der Waals surface area contributed by atoms with Gasteiger partial charge in [-0.2, -0.15) is 0 Å². The monoisotopic (exact) mass is 525 g/mol. The number of nitrogens with two attached hydrogens (primary N) is 1. The van der Waals surface area contributed by atoms with Crippen molar-refractivity contribution in [3.05, 3.63) is 68.3 Å². The van der Waals surface area contributed by atoms with E-state index < -0.39 is 34.5 Å². The number of anilines is 1. The summed E-state index contributed by atoms with van der Waals surface area (Å²) in [5.41, 5.74) is 4.85. The van der Waals surface area contributed by atoms with Crippen molar-refractivity contribution in [2.24, 2.45) is 0 Å². The van der Waals surface area contributed by atoms with Crippen molar-refractivity contribution in [2.75, 3.05) is 19.5 Å². The minimum absolute atomic E-state index is 0.0169. The van der Waals surface area contributed by atoms with Gasteiger partial charge in [0.2, 0.25) is 0 Å². The summed E-state index contributed by atoms with van der Waals surface area (Å²) >= 11 is 0. The summed E-state index contributed by atoms with van der Waals surface area (Å²) in [6.07, 6.45) is -1.12. The summed E-state index contributed by atoms with van der Waals surface area (Å²) in [7, 11) is 1.11. The highest BCUT2D eigenvalue weighted by atomic mass is 16.6. The second-order valence-corrected chi connectivity index (χ2v) is 8.73. The van der Waals surface area contributed by atoms with E-state index in [9.17, 15) is 29.3 Å². The SMILES string of the molecule is CCOC(=O)NC(=O)c1cc(C#CCc2ccc(C(=O)OC(C)(C)C)cc2[N+](=O)[O-])c(N)cc1C(=O)OC. The van der Waals surface area contributed by atoms with E-state index in [0.717, 1.165) is 13.2 Å². The van der Waals surface area contributed by atoms with E-state index in [2.05, 4.69) is 21.3 Å². The predicted octanol–water partition coefficient (Wildman–Crippen LogP) is 3.40. The smallest absolute Gasteiger partial charge is 0.414 e. The molecular formula is C26H27N3O9. The Morgan fingerprint density at radius 1 is 1.08 bits per heavy atom. The van der Waals surface area contributed by atoms with Crippen LogP contribution in [-0.4, -0.2) is 48.2 Å². The Morgan fingerprint density at radius 3 is 2.34 bits per heavy atom. The number of nitrogens with one attached hydrogen (secondary N) is 1. The van der Waals surface area contributed by atoms with Crippen LogP contribution in [-0.2, 0) is 20.6 Å². The number of imide groups is 1. The Labute approximate surface area is 218 Å². The minimum Gasteiger partial charge on any atom is -0.465 e. The van der Waals surface area contributed by atoms with Crippen molar-refractivity contribution >= 4 is 35.3 Å². The molecule has 0 radical (unpaired) electrons. The number of nitro benzene ring substituents is 1. The molecule has 0 heterocycles. The molecule has 0 saturated heterocycles. The lowest BCUT2D eigenvalue weighted by molar-refractivity contribution is -0.385. The Kier molecular flexibility index (Phi) is 9.53. The maximum atomic E-state index is 12.6. The van der Waals surface area contributed by atoms with Crippen LogP contribution in [0, 0.1) is 22.0 Å². The number of esters is 2. The molecule has 200 valence electrons. The summed E-state index contributed by atoms with van der Waals surface area (Å²) in [4.78, 5) is 59.7. The average molecular weight is 526 g/mol. The number of hydrogen-bond donors (Lipinski definition) is 2. The lowest BCUT2D eigenvalue weighted by atomic mass is 10.0. The van der Waals surface area contributed by atoms with Crippen LogP contribution in [0.5, 0.6) is 0 Å². The van der Waals surface area contributed by atoms with Gasteiger partial charge in [0.05, 0.1) is 35.3 Å². The Hall–Kier alpha value is -4.92. The first-order chi connectivity index (χ1) is 17.8. The molecule has 0 saturated carbocycles. The van der Waals surface area contributed by atoms with Crippen LogP contribution in [0.15, 0.2) is 30.3 Å². The van der Waals surface area contributed by atoms with Crippen LogP contribution in [0.4, 0.5) is 16.2 Å². The zero-order chi connectivity index (χ0) is 28.6. The van der Waals surface area contributed by atoms with Crippen LogP contribution in [0.3, 0.4) is 0 Å². The van der Waals surface area contributed by atoms with Gasteiger partial charge in [-0.05, 0) is 45.9 Å². The van der Waals surface area contributed by atoms with E-state index in [0.29, 0.717) is 0 Å². The molecule has 0 spiro atoms. The van der Waals surface area contributed by atoms with E-state index >= 15 is 0 Å². The third-order valence-electron chi connectivity index (χ3n) is 4.75. The quantitative estimate of drug-likeness (QED) is 0.142. The maximum Gasteiger partial charge on any atom is 0.414 e. The average Bonchev–Trinajstić information content (AvgIpc) is 2.83. The summed E-state index contributed by atoms with van der Waals surface area (Å²) in [6, 6.07) is 6.28. The summed E-state index contributed by atoms with van der Waals surface area (Å²) in [6.45, 7) is 6.61. The molecule has 38 heavy (non-hydrogen) atoms. The van der Waals surface area contributed by atoms with Crippen molar-refractivity contribution in [1.82, 2.24) is 5.32 Å². The molecule has 2 aromatic rings. The van der Waals surface area contributed by atoms with Crippen LogP contribution in [0.25, 0.3) is 0 Å². The van der Waals surface area contributed by atoms with Gasteiger partial charge in [-0.15, -0.1) is 0 Å². The van der Waals surface area contributed by atoms with Crippen molar-refractivity contribution in [3.8, 4) is 11.8 Å². The zero-order valence-electron chi connectivity index (χ0n) is 21.5. The van der Waals surface area contributed by atoms with E-state index in [1.54, 1.807) is 27.7 Å². The Bertz CT molecular complexity index is 1350. The molecule has 0 aliphatic carbocycles. The molecule has 0 aliphatic rings. The fourth-order valence-corrected chi connectivity index (χ4v) is 3.10. The molecule has 0 unspecified atom stereocenters. The molecule has 0 bridgehead atoms. The lowest BCUT2D eigenvalue weighted by Crippen LogP contribution is -2.32.